The summed E-state index contributed by atoms with van der Waals surface area (Å²) >= 11 is 0. The van der Waals surface area contributed by atoms with Gasteiger partial charge in [0.1, 0.15) is 11.5 Å². The van der Waals surface area contributed by atoms with E-state index in [1.165, 1.54) is 19.2 Å². The fraction of sp³-hybridized carbons (Fsp3) is 0.429. The minimum Gasteiger partial charge on any atom is -0.507 e. The Morgan fingerprint density at radius 3 is 2.60 bits per heavy atom. The third-order valence-corrected chi connectivity index (χ3v) is 2.84. The number of carboxylic acids is 1. The molecule has 1 aromatic carbocycles. The van der Waals surface area contributed by atoms with Gasteiger partial charge >= 0.3 is 5.97 Å². The van der Waals surface area contributed by atoms with Gasteiger partial charge in [0.2, 0.25) is 0 Å². The van der Waals surface area contributed by atoms with Crippen molar-refractivity contribution in [3.05, 3.63) is 23.8 Å². The lowest BCUT2D eigenvalue weighted by Gasteiger charge is -2.16. The number of methoxy groups -OCH3 is 1. The number of ether oxygens (including phenoxy) is 1. The van der Waals surface area contributed by atoms with Crippen LogP contribution in [0.2, 0.25) is 0 Å². The largest absolute Gasteiger partial charge is 0.507 e. The van der Waals surface area contributed by atoms with Crippen LogP contribution in [0.5, 0.6) is 11.5 Å². The van der Waals surface area contributed by atoms with Crippen molar-refractivity contribution < 1.29 is 24.5 Å². The molecule has 0 saturated carbocycles. The molecule has 20 heavy (non-hydrogen) atoms. The number of phenolic OH excluding ortho intramolecular Hbond substituents is 1. The quantitative estimate of drug-likeness (QED) is 0.708. The average molecular weight is 281 g/mol. The molecule has 0 saturated heterocycles. The zero-order valence-electron chi connectivity index (χ0n) is 11.5. The van der Waals surface area contributed by atoms with E-state index in [4.69, 9.17) is 9.84 Å². The molecule has 0 fully saturated rings. The number of aromatic hydroxyl groups is 1. The first-order chi connectivity index (χ1) is 9.47. The van der Waals surface area contributed by atoms with Gasteiger partial charge in [-0.3, -0.25) is 9.59 Å². The average Bonchev–Trinajstić information content (AvgIpc) is 2.37. The van der Waals surface area contributed by atoms with Crippen molar-refractivity contribution in [2.24, 2.45) is 0 Å². The second-order valence-electron chi connectivity index (χ2n) is 4.44. The fourth-order valence-electron chi connectivity index (χ4n) is 1.88. The van der Waals surface area contributed by atoms with Gasteiger partial charge in [-0.1, -0.05) is 13.3 Å². The Hall–Kier alpha value is -2.24. The zero-order chi connectivity index (χ0) is 15.1. The monoisotopic (exact) mass is 281 g/mol. The van der Waals surface area contributed by atoms with E-state index in [9.17, 15) is 14.7 Å². The SMILES string of the molecule is CCCC(CC(=O)O)NC(=O)c1ccc(OC)cc1O. The zero-order valence-corrected chi connectivity index (χ0v) is 11.5. The van der Waals surface area contributed by atoms with Crippen LogP contribution in [0, 0.1) is 0 Å². The number of carbonyl (C=O) groups excluding carboxylic acids is 1. The Morgan fingerprint density at radius 2 is 2.10 bits per heavy atom. The first kappa shape index (κ1) is 15.8. The van der Waals surface area contributed by atoms with Crippen LogP contribution in [0.25, 0.3) is 0 Å². The van der Waals surface area contributed by atoms with Gasteiger partial charge in [0.15, 0.2) is 0 Å². The number of benzene rings is 1. The van der Waals surface area contributed by atoms with Gasteiger partial charge in [0, 0.05) is 12.1 Å². The van der Waals surface area contributed by atoms with Crippen LogP contribution >= 0.6 is 0 Å². The van der Waals surface area contributed by atoms with Gasteiger partial charge < -0.3 is 20.3 Å². The number of carbonyl (C=O) groups is 2. The van der Waals surface area contributed by atoms with E-state index in [2.05, 4.69) is 5.32 Å². The molecule has 0 heterocycles. The summed E-state index contributed by atoms with van der Waals surface area (Å²) < 4.78 is 4.93. The van der Waals surface area contributed by atoms with Crippen molar-refractivity contribution in [1.29, 1.82) is 0 Å². The van der Waals surface area contributed by atoms with Crippen molar-refractivity contribution in [2.75, 3.05) is 7.11 Å². The summed E-state index contributed by atoms with van der Waals surface area (Å²) in [5.41, 5.74) is 0.0947. The van der Waals surface area contributed by atoms with Gasteiger partial charge in [-0.25, -0.2) is 0 Å². The van der Waals surface area contributed by atoms with E-state index in [-0.39, 0.29) is 17.7 Å². The Bertz CT molecular complexity index is 486. The molecular weight excluding hydrogens is 262 g/mol. The van der Waals surface area contributed by atoms with Crippen LogP contribution in [0.1, 0.15) is 36.5 Å². The molecule has 1 aromatic rings. The predicted octanol–water partition coefficient (Wildman–Crippen LogP) is 1.77. The molecule has 110 valence electrons. The van der Waals surface area contributed by atoms with Gasteiger partial charge in [0.25, 0.3) is 5.91 Å². The summed E-state index contributed by atoms with van der Waals surface area (Å²) in [6, 6.07) is 3.88. The summed E-state index contributed by atoms with van der Waals surface area (Å²) in [6.07, 6.45) is 1.18. The van der Waals surface area contributed by atoms with Crippen LogP contribution in [0.4, 0.5) is 0 Å². The Labute approximate surface area is 117 Å². The molecule has 0 spiro atoms. The molecule has 6 heteroatoms. The van der Waals surface area contributed by atoms with E-state index in [0.29, 0.717) is 12.2 Å². The highest BCUT2D eigenvalue weighted by Gasteiger charge is 2.18. The highest BCUT2D eigenvalue weighted by molar-refractivity contribution is 5.97. The summed E-state index contributed by atoms with van der Waals surface area (Å²) in [4.78, 5) is 22.8. The summed E-state index contributed by atoms with van der Waals surface area (Å²) in [5, 5.41) is 21.2. The highest BCUT2D eigenvalue weighted by Crippen LogP contribution is 2.23. The number of nitrogens with one attached hydrogen (secondary N) is 1. The van der Waals surface area contributed by atoms with Crippen molar-refractivity contribution in [3.63, 3.8) is 0 Å². The molecule has 0 aliphatic heterocycles. The van der Waals surface area contributed by atoms with Crippen LogP contribution in [-0.2, 0) is 4.79 Å². The number of rotatable bonds is 7. The Kier molecular flexibility index (Phi) is 5.83. The third-order valence-electron chi connectivity index (χ3n) is 2.84. The Morgan fingerprint density at radius 1 is 1.40 bits per heavy atom. The molecular formula is C14H19NO5. The first-order valence-electron chi connectivity index (χ1n) is 6.37. The van der Waals surface area contributed by atoms with Crippen molar-refractivity contribution in [2.45, 2.75) is 32.2 Å². The third kappa shape index (κ3) is 4.46. The van der Waals surface area contributed by atoms with Crippen molar-refractivity contribution in [1.82, 2.24) is 5.32 Å². The second kappa shape index (κ2) is 7.37. The normalized spacial score (nSPS) is 11.7. The minimum atomic E-state index is -0.970. The summed E-state index contributed by atoms with van der Waals surface area (Å²) in [6.45, 7) is 1.91. The molecule has 1 unspecified atom stereocenters. The molecule has 0 bridgehead atoms. The molecule has 1 atom stereocenters. The molecule has 0 aromatic heterocycles. The number of hydrogen-bond donors (Lipinski definition) is 3. The van der Waals surface area contributed by atoms with Crippen LogP contribution in [0.3, 0.4) is 0 Å². The van der Waals surface area contributed by atoms with Crippen LogP contribution in [-0.4, -0.2) is 35.2 Å². The number of carboxylic acid groups (broad SMARTS) is 1. The maximum Gasteiger partial charge on any atom is 0.305 e. The number of amides is 1. The van der Waals surface area contributed by atoms with E-state index in [1.54, 1.807) is 6.07 Å². The van der Waals surface area contributed by atoms with Gasteiger partial charge in [-0.15, -0.1) is 0 Å². The lowest BCUT2D eigenvalue weighted by atomic mass is 10.1. The van der Waals surface area contributed by atoms with Gasteiger partial charge in [0.05, 0.1) is 19.1 Å². The van der Waals surface area contributed by atoms with E-state index >= 15 is 0 Å². The number of aliphatic carboxylic acids is 1. The topological polar surface area (TPSA) is 95.9 Å². The molecule has 1 rings (SSSR count). The fourth-order valence-corrected chi connectivity index (χ4v) is 1.88. The van der Waals surface area contributed by atoms with Crippen LogP contribution < -0.4 is 10.1 Å². The highest BCUT2D eigenvalue weighted by atomic mass is 16.5. The summed E-state index contributed by atoms with van der Waals surface area (Å²) in [5.74, 6) is -1.23. The summed E-state index contributed by atoms with van der Waals surface area (Å²) in [7, 11) is 1.46. The molecule has 0 aliphatic rings. The van der Waals surface area contributed by atoms with E-state index in [1.807, 2.05) is 6.92 Å². The van der Waals surface area contributed by atoms with Crippen molar-refractivity contribution >= 4 is 11.9 Å². The number of phenols is 1. The standard InChI is InChI=1S/C14H19NO5/c1-3-4-9(7-13(17)18)15-14(19)11-6-5-10(20-2)8-12(11)16/h5-6,8-9,16H,3-4,7H2,1-2H3,(H,15,19)(H,17,18). The van der Waals surface area contributed by atoms with E-state index in [0.717, 1.165) is 6.42 Å². The Balaban J connectivity index is 2.80. The molecule has 1 amide bonds. The smallest absolute Gasteiger partial charge is 0.305 e. The van der Waals surface area contributed by atoms with Gasteiger partial charge in [-0.2, -0.15) is 0 Å². The molecule has 0 aliphatic carbocycles. The minimum absolute atomic E-state index is 0.0947. The van der Waals surface area contributed by atoms with Gasteiger partial charge in [-0.05, 0) is 18.6 Å². The van der Waals surface area contributed by atoms with Crippen molar-refractivity contribution in [3.8, 4) is 11.5 Å². The van der Waals surface area contributed by atoms with Crippen LogP contribution in [0.15, 0.2) is 18.2 Å². The maximum absolute atomic E-state index is 12.0. The molecule has 6 nitrogen and oxygen atoms in total. The number of hydrogen-bond acceptors (Lipinski definition) is 4. The molecule has 3 N–H and O–H groups in total. The predicted molar refractivity (Wildman–Crippen MR) is 73.1 cm³/mol. The lowest BCUT2D eigenvalue weighted by Crippen LogP contribution is -2.36. The van der Waals surface area contributed by atoms with E-state index < -0.39 is 17.9 Å². The maximum atomic E-state index is 12.0. The first-order valence-corrected chi connectivity index (χ1v) is 6.37. The lowest BCUT2D eigenvalue weighted by molar-refractivity contribution is -0.137. The molecule has 0 radical (unpaired) electrons. The second-order valence-corrected chi connectivity index (χ2v) is 4.44.